The highest BCUT2D eigenvalue weighted by molar-refractivity contribution is 6.28. The average molecular weight is 441 g/mol. The quantitative estimate of drug-likeness (QED) is 0.370. The van der Waals surface area contributed by atoms with Gasteiger partial charge >= 0.3 is 11.6 Å². The molecule has 1 N–H and O–H groups in total. The summed E-state index contributed by atoms with van der Waals surface area (Å²) in [7, 11) is 0. The highest BCUT2D eigenvalue weighted by Crippen LogP contribution is 2.33. The van der Waals surface area contributed by atoms with Gasteiger partial charge in [0.05, 0.1) is 24.2 Å². The van der Waals surface area contributed by atoms with Gasteiger partial charge in [-0.2, -0.15) is 0 Å². The fourth-order valence-corrected chi connectivity index (χ4v) is 3.20. The van der Waals surface area contributed by atoms with Crippen LogP contribution in [0, 0.1) is 24.0 Å². The summed E-state index contributed by atoms with van der Waals surface area (Å²) in [5.74, 6) is 0.697. The first-order valence-corrected chi connectivity index (χ1v) is 10.4. The molecule has 2 unspecified atom stereocenters. The Morgan fingerprint density at radius 3 is 2.83 bits per heavy atom. The number of ether oxygens (including phenoxy) is 2. The first-order chi connectivity index (χ1) is 14.4. The molecule has 1 aliphatic rings. The monoisotopic (exact) mass is 440 g/mol. The summed E-state index contributed by atoms with van der Waals surface area (Å²) in [5.41, 5.74) is 1.26. The Hall–Kier alpha value is -2.46. The lowest BCUT2D eigenvalue weighted by Crippen LogP contribution is -2.20. The molecule has 1 aliphatic heterocycles. The van der Waals surface area contributed by atoms with E-state index in [0.29, 0.717) is 31.1 Å². The number of aromatic nitrogens is 4. The fraction of sp³-hybridized carbons (Fsp3) is 0.632. The second-order valence-corrected chi connectivity index (χ2v) is 7.15. The Labute approximate surface area is 181 Å². The molecular formula is C19H29ClN6O4. The van der Waals surface area contributed by atoms with E-state index in [0.717, 1.165) is 12.0 Å². The van der Waals surface area contributed by atoms with Gasteiger partial charge in [-0.25, -0.2) is 9.97 Å². The van der Waals surface area contributed by atoms with Gasteiger partial charge in [0.2, 0.25) is 5.28 Å². The van der Waals surface area contributed by atoms with Crippen molar-refractivity contribution in [2.24, 2.45) is 0 Å². The van der Waals surface area contributed by atoms with E-state index in [1.54, 1.807) is 17.8 Å². The molecule has 0 radical (unpaired) electrons. The molecule has 3 rings (SSSR count). The van der Waals surface area contributed by atoms with Crippen LogP contribution in [0.25, 0.3) is 0 Å². The van der Waals surface area contributed by atoms with E-state index in [1.807, 2.05) is 27.7 Å². The standard InChI is InChI=1S/C17H23ClN6O4.C2H6/c1-10-8-19-17(18)21-15(10)20-11(2)4-7-28-16-14(24(25)26)12(3)23(22-16)13-5-6-27-9-13;1-2/h8,11,13H,4-7,9H2,1-3H3,(H,19,20,21);1-2H3. The van der Waals surface area contributed by atoms with E-state index in [1.165, 1.54) is 0 Å². The molecule has 1 saturated heterocycles. The predicted molar refractivity (Wildman–Crippen MR) is 114 cm³/mol. The zero-order valence-electron chi connectivity index (χ0n) is 18.0. The molecule has 30 heavy (non-hydrogen) atoms. The molecule has 11 heteroatoms. The summed E-state index contributed by atoms with van der Waals surface area (Å²) in [4.78, 5) is 19.1. The molecule has 0 aliphatic carbocycles. The molecule has 2 aromatic heterocycles. The van der Waals surface area contributed by atoms with Gasteiger partial charge in [-0.1, -0.05) is 13.8 Å². The maximum atomic E-state index is 11.5. The molecule has 10 nitrogen and oxygen atoms in total. The third-order valence-corrected chi connectivity index (χ3v) is 4.82. The second kappa shape index (κ2) is 11.1. The van der Waals surface area contributed by atoms with Crippen LogP contribution in [0.15, 0.2) is 6.20 Å². The largest absolute Gasteiger partial charge is 0.472 e. The van der Waals surface area contributed by atoms with Gasteiger partial charge in [0.25, 0.3) is 0 Å². The van der Waals surface area contributed by atoms with Crippen LogP contribution in [0.3, 0.4) is 0 Å². The number of nitro groups is 1. The van der Waals surface area contributed by atoms with Crippen LogP contribution in [-0.2, 0) is 4.74 Å². The summed E-state index contributed by atoms with van der Waals surface area (Å²) in [5, 5.41) is 19.2. The Morgan fingerprint density at radius 1 is 1.47 bits per heavy atom. The Balaban J connectivity index is 0.00000155. The van der Waals surface area contributed by atoms with E-state index >= 15 is 0 Å². The van der Waals surface area contributed by atoms with Crippen molar-refractivity contribution < 1.29 is 14.4 Å². The van der Waals surface area contributed by atoms with Gasteiger partial charge in [0.15, 0.2) is 0 Å². The fourth-order valence-electron chi connectivity index (χ4n) is 3.07. The molecule has 1 fully saturated rings. The van der Waals surface area contributed by atoms with E-state index in [4.69, 9.17) is 21.1 Å². The highest BCUT2D eigenvalue weighted by Gasteiger charge is 2.31. The maximum absolute atomic E-state index is 11.5. The first-order valence-electron chi connectivity index (χ1n) is 10.1. The van der Waals surface area contributed by atoms with E-state index in [-0.39, 0.29) is 35.5 Å². The van der Waals surface area contributed by atoms with Crippen LogP contribution in [-0.4, -0.2) is 50.5 Å². The third-order valence-electron chi connectivity index (χ3n) is 4.64. The highest BCUT2D eigenvalue weighted by atomic mass is 35.5. The average Bonchev–Trinajstić information content (AvgIpc) is 3.34. The molecule has 0 saturated carbocycles. The number of aryl methyl sites for hydroxylation is 1. The first kappa shape index (κ1) is 23.8. The molecule has 2 aromatic rings. The molecule has 0 aromatic carbocycles. The van der Waals surface area contributed by atoms with Crippen molar-refractivity contribution >= 4 is 23.1 Å². The van der Waals surface area contributed by atoms with Crippen molar-refractivity contribution in [1.29, 1.82) is 0 Å². The van der Waals surface area contributed by atoms with E-state index < -0.39 is 4.92 Å². The van der Waals surface area contributed by atoms with Crippen molar-refractivity contribution in [2.75, 3.05) is 25.1 Å². The van der Waals surface area contributed by atoms with Gasteiger partial charge in [-0.05, 0) is 38.8 Å². The molecule has 2 atom stereocenters. The van der Waals surface area contributed by atoms with Crippen LogP contribution in [0.4, 0.5) is 11.5 Å². The number of anilines is 1. The van der Waals surface area contributed by atoms with Gasteiger partial charge in [0.1, 0.15) is 11.5 Å². The Bertz CT molecular complexity index is 854. The van der Waals surface area contributed by atoms with Gasteiger partial charge in [-0.3, -0.25) is 14.8 Å². The minimum atomic E-state index is -0.447. The molecule has 3 heterocycles. The number of nitrogens with one attached hydrogen (secondary N) is 1. The number of hydrogen-bond donors (Lipinski definition) is 1. The van der Waals surface area contributed by atoms with Crippen molar-refractivity contribution in [1.82, 2.24) is 19.7 Å². The lowest BCUT2D eigenvalue weighted by atomic mass is 10.2. The van der Waals surface area contributed by atoms with Crippen LogP contribution in [0.1, 0.15) is 50.9 Å². The molecular weight excluding hydrogens is 412 g/mol. The summed E-state index contributed by atoms with van der Waals surface area (Å²) in [6.07, 6.45) is 3.02. The van der Waals surface area contributed by atoms with Crippen molar-refractivity contribution in [3.8, 4) is 5.88 Å². The SMILES string of the molecule is CC.Cc1cnc(Cl)nc1NC(C)CCOc1nn(C2CCOC2)c(C)c1[N+](=O)[O-]. The van der Waals surface area contributed by atoms with Crippen LogP contribution in [0.5, 0.6) is 5.88 Å². The van der Waals surface area contributed by atoms with Crippen molar-refractivity contribution in [3.63, 3.8) is 0 Å². The second-order valence-electron chi connectivity index (χ2n) is 6.81. The van der Waals surface area contributed by atoms with Gasteiger partial charge < -0.3 is 14.8 Å². The molecule has 0 bridgehead atoms. The van der Waals surface area contributed by atoms with E-state index in [9.17, 15) is 10.1 Å². The number of nitrogens with zero attached hydrogens (tertiary/aromatic N) is 5. The smallest absolute Gasteiger partial charge is 0.352 e. The maximum Gasteiger partial charge on any atom is 0.352 e. The zero-order valence-corrected chi connectivity index (χ0v) is 18.8. The van der Waals surface area contributed by atoms with Crippen LogP contribution >= 0.6 is 11.6 Å². The minimum Gasteiger partial charge on any atom is -0.472 e. The number of rotatable bonds is 8. The molecule has 166 valence electrons. The molecule has 0 spiro atoms. The van der Waals surface area contributed by atoms with Gasteiger partial charge in [-0.15, -0.1) is 5.10 Å². The minimum absolute atomic E-state index is 0.00197. The Kier molecular flexibility index (Phi) is 8.79. The van der Waals surface area contributed by atoms with Crippen LogP contribution in [0.2, 0.25) is 5.28 Å². The predicted octanol–water partition coefficient (Wildman–Crippen LogP) is 4.11. The number of hydrogen-bond acceptors (Lipinski definition) is 8. The van der Waals surface area contributed by atoms with Gasteiger partial charge in [0, 0.05) is 30.8 Å². The summed E-state index contributed by atoms with van der Waals surface area (Å²) in [6, 6.07) is 0.0114. The topological polar surface area (TPSA) is 117 Å². The number of halogens is 1. The lowest BCUT2D eigenvalue weighted by Gasteiger charge is -2.15. The normalized spacial score (nSPS) is 16.5. The van der Waals surface area contributed by atoms with E-state index in [2.05, 4.69) is 20.4 Å². The van der Waals surface area contributed by atoms with Crippen molar-refractivity contribution in [2.45, 2.75) is 59.5 Å². The van der Waals surface area contributed by atoms with Crippen LogP contribution < -0.4 is 10.1 Å². The lowest BCUT2D eigenvalue weighted by molar-refractivity contribution is -0.386. The molecule has 0 amide bonds. The zero-order chi connectivity index (χ0) is 22.3. The third kappa shape index (κ3) is 5.79. The Morgan fingerprint density at radius 2 is 2.20 bits per heavy atom. The summed E-state index contributed by atoms with van der Waals surface area (Å²) >= 11 is 5.83. The summed E-state index contributed by atoms with van der Waals surface area (Å²) in [6.45, 7) is 10.9. The summed E-state index contributed by atoms with van der Waals surface area (Å²) < 4.78 is 12.7. The van der Waals surface area contributed by atoms with Crippen molar-refractivity contribution in [3.05, 3.63) is 32.9 Å².